The standard InChI is InChI=1S/C19H27N3O/c1-4-16-5-6-17(20-12-16)21-9-7-19(8-10-21)11-18(23)22(14-19)13-15(2)3/h4-6,12,15H,1,7-11,13-14H2,2-3H3. The van der Waals surface area contributed by atoms with Gasteiger partial charge in [0, 0.05) is 44.2 Å². The van der Waals surface area contributed by atoms with Crippen LogP contribution in [0.25, 0.3) is 6.08 Å². The molecule has 1 amide bonds. The van der Waals surface area contributed by atoms with Crippen LogP contribution in [0, 0.1) is 11.3 Å². The minimum absolute atomic E-state index is 0.198. The number of aromatic nitrogens is 1. The van der Waals surface area contributed by atoms with E-state index in [1.807, 2.05) is 12.3 Å². The van der Waals surface area contributed by atoms with Gasteiger partial charge in [-0.15, -0.1) is 0 Å². The molecule has 4 heteroatoms. The minimum Gasteiger partial charge on any atom is -0.357 e. The van der Waals surface area contributed by atoms with Crippen LogP contribution in [0.2, 0.25) is 0 Å². The fourth-order valence-electron chi connectivity index (χ4n) is 3.84. The molecule has 0 saturated carbocycles. The maximum absolute atomic E-state index is 12.3. The molecular weight excluding hydrogens is 286 g/mol. The summed E-state index contributed by atoms with van der Waals surface area (Å²) in [7, 11) is 0. The van der Waals surface area contributed by atoms with Crippen LogP contribution in [0.1, 0.15) is 38.7 Å². The summed E-state index contributed by atoms with van der Waals surface area (Å²) in [5.74, 6) is 1.93. The molecule has 0 unspecified atom stereocenters. The van der Waals surface area contributed by atoms with Crippen LogP contribution in [0.5, 0.6) is 0 Å². The smallest absolute Gasteiger partial charge is 0.223 e. The Labute approximate surface area is 139 Å². The number of hydrogen-bond acceptors (Lipinski definition) is 3. The number of nitrogens with zero attached hydrogens (tertiary/aromatic N) is 3. The van der Waals surface area contributed by atoms with Crippen molar-refractivity contribution in [1.82, 2.24) is 9.88 Å². The zero-order valence-electron chi connectivity index (χ0n) is 14.3. The highest BCUT2D eigenvalue weighted by Gasteiger charge is 2.44. The Hall–Kier alpha value is -1.84. The molecule has 2 saturated heterocycles. The van der Waals surface area contributed by atoms with Crippen LogP contribution < -0.4 is 4.90 Å². The van der Waals surface area contributed by atoms with E-state index in [9.17, 15) is 4.79 Å². The van der Waals surface area contributed by atoms with Gasteiger partial charge in [0.2, 0.25) is 5.91 Å². The third-order valence-corrected chi connectivity index (χ3v) is 5.15. The van der Waals surface area contributed by atoms with Gasteiger partial charge in [-0.3, -0.25) is 4.79 Å². The van der Waals surface area contributed by atoms with Crippen LogP contribution in [0.3, 0.4) is 0 Å². The van der Waals surface area contributed by atoms with Crippen LogP contribution in [-0.4, -0.2) is 42.0 Å². The van der Waals surface area contributed by atoms with Crippen molar-refractivity contribution in [2.24, 2.45) is 11.3 Å². The number of hydrogen-bond donors (Lipinski definition) is 0. The third kappa shape index (κ3) is 3.41. The highest BCUT2D eigenvalue weighted by atomic mass is 16.2. The second-order valence-corrected chi connectivity index (χ2v) is 7.49. The Balaban J connectivity index is 1.61. The molecule has 0 radical (unpaired) electrons. The molecule has 2 fully saturated rings. The summed E-state index contributed by atoms with van der Waals surface area (Å²) in [4.78, 5) is 21.3. The van der Waals surface area contributed by atoms with Crippen molar-refractivity contribution < 1.29 is 4.79 Å². The van der Waals surface area contributed by atoms with Crippen molar-refractivity contribution in [1.29, 1.82) is 0 Å². The van der Waals surface area contributed by atoms with E-state index in [0.717, 1.165) is 56.8 Å². The van der Waals surface area contributed by atoms with E-state index < -0.39 is 0 Å². The summed E-state index contributed by atoms with van der Waals surface area (Å²) in [5.41, 5.74) is 1.25. The van der Waals surface area contributed by atoms with Gasteiger partial charge in [-0.1, -0.05) is 26.5 Å². The van der Waals surface area contributed by atoms with E-state index in [1.165, 1.54) is 0 Å². The van der Waals surface area contributed by atoms with Crippen LogP contribution in [-0.2, 0) is 4.79 Å². The average molecular weight is 313 g/mol. The molecule has 2 aliphatic heterocycles. The predicted octanol–water partition coefficient (Wildman–Crippen LogP) is 3.20. The Morgan fingerprint density at radius 2 is 2.09 bits per heavy atom. The van der Waals surface area contributed by atoms with Gasteiger partial charge in [0.1, 0.15) is 5.82 Å². The number of likely N-dealkylation sites (tertiary alicyclic amines) is 1. The van der Waals surface area contributed by atoms with Gasteiger partial charge in [0.15, 0.2) is 0 Å². The lowest BCUT2D eigenvalue weighted by Gasteiger charge is -2.39. The molecule has 1 aromatic heterocycles. The maximum Gasteiger partial charge on any atom is 0.223 e. The first-order valence-corrected chi connectivity index (χ1v) is 8.63. The van der Waals surface area contributed by atoms with E-state index in [0.29, 0.717) is 11.8 Å². The van der Waals surface area contributed by atoms with Gasteiger partial charge in [-0.05, 0) is 36.5 Å². The zero-order chi connectivity index (χ0) is 16.4. The quantitative estimate of drug-likeness (QED) is 0.856. The lowest BCUT2D eigenvalue weighted by Crippen LogP contribution is -2.42. The summed E-state index contributed by atoms with van der Waals surface area (Å²) in [6, 6.07) is 4.13. The Morgan fingerprint density at radius 3 is 2.65 bits per heavy atom. The van der Waals surface area contributed by atoms with Gasteiger partial charge in [0.05, 0.1) is 0 Å². The zero-order valence-corrected chi connectivity index (χ0v) is 14.3. The lowest BCUT2D eigenvalue weighted by molar-refractivity contribution is -0.128. The molecule has 3 heterocycles. The molecule has 0 aromatic carbocycles. The fourth-order valence-corrected chi connectivity index (χ4v) is 3.84. The van der Waals surface area contributed by atoms with Crippen LogP contribution in [0.4, 0.5) is 5.82 Å². The van der Waals surface area contributed by atoms with Crippen molar-refractivity contribution in [3.63, 3.8) is 0 Å². The monoisotopic (exact) mass is 313 g/mol. The summed E-state index contributed by atoms with van der Waals surface area (Å²) in [6.07, 6.45) is 6.58. The highest BCUT2D eigenvalue weighted by molar-refractivity contribution is 5.79. The van der Waals surface area contributed by atoms with E-state index in [1.54, 1.807) is 0 Å². The Kier molecular flexibility index (Phi) is 4.42. The number of rotatable bonds is 4. The van der Waals surface area contributed by atoms with Crippen molar-refractivity contribution in [2.75, 3.05) is 31.1 Å². The molecule has 124 valence electrons. The predicted molar refractivity (Wildman–Crippen MR) is 94.2 cm³/mol. The molecule has 23 heavy (non-hydrogen) atoms. The normalized spacial score (nSPS) is 20.6. The maximum atomic E-state index is 12.3. The van der Waals surface area contributed by atoms with Crippen molar-refractivity contribution in [2.45, 2.75) is 33.1 Å². The summed E-state index contributed by atoms with van der Waals surface area (Å²) in [6.45, 7) is 11.9. The van der Waals surface area contributed by atoms with Crippen molar-refractivity contribution in [3.8, 4) is 0 Å². The molecule has 3 rings (SSSR count). The molecule has 4 nitrogen and oxygen atoms in total. The number of carbonyl (C=O) groups is 1. The Bertz CT molecular complexity index is 571. The highest BCUT2D eigenvalue weighted by Crippen LogP contribution is 2.41. The lowest BCUT2D eigenvalue weighted by atomic mass is 9.77. The number of amides is 1. The van der Waals surface area contributed by atoms with Gasteiger partial charge < -0.3 is 9.80 Å². The average Bonchev–Trinajstić information content (AvgIpc) is 2.83. The van der Waals surface area contributed by atoms with E-state index in [-0.39, 0.29) is 5.41 Å². The molecule has 0 N–H and O–H groups in total. The molecule has 1 aromatic rings. The summed E-state index contributed by atoms with van der Waals surface area (Å²) in [5, 5.41) is 0. The van der Waals surface area contributed by atoms with E-state index in [4.69, 9.17) is 0 Å². The minimum atomic E-state index is 0.198. The topological polar surface area (TPSA) is 36.4 Å². The van der Waals surface area contributed by atoms with Gasteiger partial charge >= 0.3 is 0 Å². The SMILES string of the molecule is C=Cc1ccc(N2CCC3(CC2)CC(=O)N(CC(C)C)C3)nc1. The van der Waals surface area contributed by atoms with Gasteiger partial charge in [-0.2, -0.15) is 0 Å². The molecular formula is C19H27N3O. The number of piperidine rings is 1. The van der Waals surface area contributed by atoms with Gasteiger partial charge in [0.25, 0.3) is 0 Å². The molecule has 1 spiro atoms. The summed E-state index contributed by atoms with van der Waals surface area (Å²) < 4.78 is 0. The third-order valence-electron chi connectivity index (χ3n) is 5.15. The second-order valence-electron chi connectivity index (χ2n) is 7.49. The number of anilines is 1. The largest absolute Gasteiger partial charge is 0.357 e. The second kappa shape index (κ2) is 6.34. The van der Waals surface area contributed by atoms with E-state index in [2.05, 4.69) is 47.3 Å². The number of carbonyl (C=O) groups excluding carboxylic acids is 1. The first-order chi connectivity index (χ1) is 11.0. The van der Waals surface area contributed by atoms with E-state index >= 15 is 0 Å². The van der Waals surface area contributed by atoms with Crippen LogP contribution in [0.15, 0.2) is 24.9 Å². The fraction of sp³-hybridized carbons (Fsp3) is 0.579. The molecule has 0 aliphatic carbocycles. The van der Waals surface area contributed by atoms with Gasteiger partial charge in [-0.25, -0.2) is 4.98 Å². The van der Waals surface area contributed by atoms with Crippen molar-refractivity contribution >= 4 is 17.8 Å². The summed E-state index contributed by atoms with van der Waals surface area (Å²) >= 11 is 0. The first-order valence-electron chi connectivity index (χ1n) is 8.63. The Morgan fingerprint density at radius 1 is 1.35 bits per heavy atom. The molecule has 2 aliphatic rings. The number of pyridine rings is 1. The first kappa shape index (κ1) is 16.0. The van der Waals surface area contributed by atoms with Crippen molar-refractivity contribution in [3.05, 3.63) is 30.5 Å². The van der Waals surface area contributed by atoms with Crippen LogP contribution >= 0.6 is 0 Å². The molecule has 0 atom stereocenters. The molecule has 0 bridgehead atoms.